The van der Waals surface area contributed by atoms with E-state index in [0.717, 1.165) is 17.1 Å². The first-order valence-electron chi connectivity index (χ1n) is 6.79. The summed E-state index contributed by atoms with van der Waals surface area (Å²) in [7, 11) is 0. The molecule has 0 saturated carbocycles. The normalized spacial score (nSPS) is 12.0. The zero-order chi connectivity index (χ0) is 15.2. The Hall–Kier alpha value is -1.99. The molecule has 0 spiro atoms. The number of anilines is 1. The van der Waals surface area contributed by atoms with Gasteiger partial charge in [-0.05, 0) is 18.6 Å². The minimum Gasteiger partial charge on any atom is -0.351 e. The van der Waals surface area contributed by atoms with Gasteiger partial charge in [-0.15, -0.1) is 11.3 Å². The Bertz CT molecular complexity index is 577. The van der Waals surface area contributed by atoms with Crippen LogP contribution in [0.15, 0.2) is 23.7 Å². The number of aromatic nitrogens is 2. The monoisotopic (exact) mass is 305 g/mol. The van der Waals surface area contributed by atoms with Crippen LogP contribution in [0.1, 0.15) is 40.8 Å². The van der Waals surface area contributed by atoms with Crippen LogP contribution in [-0.2, 0) is 6.42 Å². The number of pyridine rings is 1. The van der Waals surface area contributed by atoms with Crippen molar-refractivity contribution in [3.8, 4) is 0 Å². The Balaban J connectivity index is 2.03. The summed E-state index contributed by atoms with van der Waals surface area (Å²) in [6.45, 7) is 4.56. The van der Waals surface area contributed by atoms with E-state index in [-0.39, 0.29) is 11.8 Å². The number of aryl methyl sites for hydroxylation is 1. The summed E-state index contributed by atoms with van der Waals surface area (Å²) in [5.74, 6) is 5.93. The van der Waals surface area contributed by atoms with E-state index in [1.165, 1.54) is 0 Å². The molecule has 2 aromatic heterocycles. The van der Waals surface area contributed by atoms with Crippen LogP contribution in [0.4, 0.5) is 5.82 Å². The van der Waals surface area contributed by atoms with E-state index in [1.54, 1.807) is 29.7 Å². The van der Waals surface area contributed by atoms with Gasteiger partial charge in [0.25, 0.3) is 5.91 Å². The number of carbonyl (C=O) groups excluding carboxylic acids is 1. The standard InChI is InChI=1S/C14H19N5OS/c1-3-11-6-10(7-12(18-11)19-15)13(20)17-8-9(2)14-16-4-5-21-14/h4-7,9H,3,8,15H2,1-2H3,(H,17,20)(H,18,19). The Kier molecular flexibility index (Phi) is 5.24. The van der Waals surface area contributed by atoms with Gasteiger partial charge in [-0.3, -0.25) is 4.79 Å². The summed E-state index contributed by atoms with van der Waals surface area (Å²) in [6, 6.07) is 3.42. The highest BCUT2D eigenvalue weighted by Crippen LogP contribution is 2.17. The number of nitrogens with one attached hydrogen (secondary N) is 2. The summed E-state index contributed by atoms with van der Waals surface area (Å²) >= 11 is 1.59. The van der Waals surface area contributed by atoms with E-state index in [2.05, 4.69) is 20.7 Å². The second-order valence-electron chi connectivity index (χ2n) is 4.71. The van der Waals surface area contributed by atoms with Crippen molar-refractivity contribution in [3.05, 3.63) is 40.0 Å². The van der Waals surface area contributed by atoms with Crippen LogP contribution in [-0.4, -0.2) is 22.4 Å². The molecular formula is C14H19N5OS. The van der Waals surface area contributed by atoms with Gasteiger partial charge in [-0.25, -0.2) is 15.8 Å². The topological polar surface area (TPSA) is 92.9 Å². The third-order valence-electron chi connectivity index (χ3n) is 3.09. The molecule has 2 aromatic rings. The maximum atomic E-state index is 12.2. The van der Waals surface area contributed by atoms with Crippen LogP contribution < -0.4 is 16.6 Å². The number of carbonyl (C=O) groups is 1. The molecule has 1 atom stereocenters. The highest BCUT2D eigenvalue weighted by molar-refractivity contribution is 7.09. The van der Waals surface area contributed by atoms with Crippen molar-refractivity contribution in [2.45, 2.75) is 26.2 Å². The van der Waals surface area contributed by atoms with Gasteiger partial charge in [0, 0.05) is 35.3 Å². The predicted molar refractivity (Wildman–Crippen MR) is 84.3 cm³/mol. The zero-order valence-corrected chi connectivity index (χ0v) is 12.9. The van der Waals surface area contributed by atoms with E-state index in [4.69, 9.17) is 5.84 Å². The molecule has 0 aliphatic rings. The molecule has 6 nitrogen and oxygen atoms in total. The fraction of sp³-hybridized carbons (Fsp3) is 0.357. The molecule has 2 heterocycles. The van der Waals surface area contributed by atoms with Crippen molar-refractivity contribution in [2.24, 2.45) is 5.84 Å². The molecule has 0 aliphatic heterocycles. The molecule has 0 aromatic carbocycles. The lowest BCUT2D eigenvalue weighted by Gasteiger charge is -2.11. The average molecular weight is 305 g/mol. The number of hydrogen-bond acceptors (Lipinski definition) is 6. The Morgan fingerprint density at radius 1 is 1.48 bits per heavy atom. The number of amides is 1. The molecule has 0 fully saturated rings. The molecule has 7 heteroatoms. The quantitative estimate of drug-likeness (QED) is 0.560. The van der Waals surface area contributed by atoms with Gasteiger partial charge in [-0.1, -0.05) is 13.8 Å². The van der Waals surface area contributed by atoms with Crippen LogP contribution >= 0.6 is 11.3 Å². The highest BCUT2D eigenvalue weighted by Gasteiger charge is 2.13. The molecule has 0 aliphatic carbocycles. The van der Waals surface area contributed by atoms with Crippen LogP contribution in [0, 0.1) is 0 Å². The first kappa shape index (κ1) is 15.4. The molecule has 4 N–H and O–H groups in total. The number of hydrazine groups is 1. The van der Waals surface area contributed by atoms with E-state index < -0.39 is 0 Å². The maximum absolute atomic E-state index is 12.2. The van der Waals surface area contributed by atoms with Crippen LogP contribution in [0.25, 0.3) is 0 Å². The molecule has 0 saturated heterocycles. The van der Waals surface area contributed by atoms with Crippen molar-refractivity contribution in [1.82, 2.24) is 15.3 Å². The molecule has 21 heavy (non-hydrogen) atoms. The minimum absolute atomic E-state index is 0.132. The SMILES string of the molecule is CCc1cc(C(=O)NCC(C)c2nccs2)cc(NN)n1. The average Bonchev–Trinajstić information content (AvgIpc) is 3.06. The fourth-order valence-corrected chi connectivity index (χ4v) is 2.59. The molecular weight excluding hydrogens is 286 g/mol. The van der Waals surface area contributed by atoms with Crippen molar-refractivity contribution in [3.63, 3.8) is 0 Å². The number of nitrogen functional groups attached to an aromatic ring is 1. The number of hydrogen-bond donors (Lipinski definition) is 3. The van der Waals surface area contributed by atoms with E-state index >= 15 is 0 Å². The first-order valence-corrected chi connectivity index (χ1v) is 7.67. The Morgan fingerprint density at radius 2 is 2.29 bits per heavy atom. The molecule has 1 unspecified atom stereocenters. The smallest absolute Gasteiger partial charge is 0.251 e. The first-order chi connectivity index (χ1) is 10.1. The Morgan fingerprint density at radius 3 is 2.90 bits per heavy atom. The summed E-state index contributed by atoms with van der Waals surface area (Å²) in [5, 5.41) is 5.87. The second-order valence-corrected chi connectivity index (χ2v) is 5.64. The lowest BCUT2D eigenvalue weighted by Crippen LogP contribution is -2.28. The van der Waals surface area contributed by atoms with Gasteiger partial charge in [0.1, 0.15) is 5.82 Å². The van der Waals surface area contributed by atoms with E-state index in [1.807, 2.05) is 19.2 Å². The predicted octanol–water partition coefficient (Wildman–Crippen LogP) is 1.92. The fourth-order valence-electron chi connectivity index (χ4n) is 1.89. The van der Waals surface area contributed by atoms with Gasteiger partial charge in [0.05, 0.1) is 5.01 Å². The largest absolute Gasteiger partial charge is 0.351 e. The van der Waals surface area contributed by atoms with Crippen LogP contribution in [0.3, 0.4) is 0 Å². The van der Waals surface area contributed by atoms with Gasteiger partial charge in [0.2, 0.25) is 0 Å². The number of thiazole rings is 1. The van der Waals surface area contributed by atoms with Crippen molar-refractivity contribution in [2.75, 3.05) is 12.0 Å². The summed E-state index contributed by atoms with van der Waals surface area (Å²) < 4.78 is 0. The lowest BCUT2D eigenvalue weighted by atomic mass is 10.1. The third-order valence-corrected chi connectivity index (χ3v) is 4.10. The molecule has 2 rings (SSSR count). The third kappa shape index (κ3) is 3.99. The number of nitrogens with two attached hydrogens (primary N) is 1. The van der Waals surface area contributed by atoms with Crippen LogP contribution in [0.2, 0.25) is 0 Å². The van der Waals surface area contributed by atoms with E-state index in [0.29, 0.717) is 17.9 Å². The van der Waals surface area contributed by atoms with Crippen molar-refractivity contribution >= 4 is 23.1 Å². The molecule has 0 bridgehead atoms. The second kappa shape index (κ2) is 7.14. The summed E-state index contributed by atoms with van der Waals surface area (Å²) in [5.41, 5.74) is 3.86. The van der Waals surface area contributed by atoms with Crippen molar-refractivity contribution in [1.29, 1.82) is 0 Å². The molecule has 1 amide bonds. The number of nitrogens with zero attached hydrogens (tertiary/aromatic N) is 2. The van der Waals surface area contributed by atoms with Crippen LogP contribution in [0.5, 0.6) is 0 Å². The Labute approximate surface area is 127 Å². The molecule has 112 valence electrons. The van der Waals surface area contributed by atoms with Gasteiger partial charge >= 0.3 is 0 Å². The summed E-state index contributed by atoms with van der Waals surface area (Å²) in [6.07, 6.45) is 2.51. The zero-order valence-electron chi connectivity index (χ0n) is 12.1. The van der Waals surface area contributed by atoms with Gasteiger partial charge < -0.3 is 10.7 Å². The summed E-state index contributed by atoms with van der Waals surface area (Å²) in [4.78, 5) is 20.7. The maximum Gasteiger partial charge on any atom is 0.251 e. The number of rotatable bonds is 6. The lowest BCUT2D eigenvalue weighted by molar-refractivity contribution is 0.0951. The van der Waals surface area contributed by atoms with Gasteiger partial charge in [0.15, 0.2) is 0 Å². The molecule has 0 radical (unpaired) electrons. The van der Waals surface area contributed by atoms with Crippen molar-refractivity contribution < 1.29 is 4.79 Å². The van der Waals surface area contributed by atoms with Gasteiger partial charge in [-0.2, -0.15) is 0 Å². The highest BCUT2D eigenvalue weighted by atomic mass is 32.1. The van der Waals surface area contributed by atoms with E-state index in [9.17, 15) is 4.79 Å². The minimum atomic E-state index is -0.132.